The fraction of sp³-hybridized carbons (Fsp3) is 0.222. The lowest BCUT2D eigenvalue weighted by molar-refractivity contribution is -0.155. The molecule has 2 rings (SSSR count). The molecule has 0 unspecified atom stereocenters. The molecule has 1 amide bonds. The van der Waals surface area contributed by atoms with Gasteiger partial charge in [-0.15, -0.1) is 0 Å². The fourth-order valence-corrected chi connectivity index (χ4v) is 2.26. The molecule has 1 N–H and O–H groups in total. The second-order valence-corrected chi connectivity index (χ2v) is 5.41. The number of nitrogens with zero attached hydrogens (tertiary/aromatic N) is 3. The molecular weight excluding hydrogens is 358 g/mol. The highest BCUT2D eigenvalue weighted by Crippen LogP contribution is 2.32. The molecule has 13 heteroatoms. The molecule has 0 bridgehead atoms. The molecule has 0 spiro atoms. The monoisotopic (exact) mass is 360 g/mol. The Bertz CT molecular complexity index is 651. The Morgan fingerprint density at radius 1 is 1.00 bits per heavy atom. The van der Waals surface area contributed by atoms with E-state index in [4.69, 9.17) is 0 Å². The van der Waals surface area contributed by atoms with Gasteiger partial charge >= 0.3 is 12.4 Å². The third-order valence-electron chi connectivity index (χ3n) is 2.06. The highest BCUT2D eigenvalue weighted by atomic mass is 32.2. The van der Waals surface area contributed by atoms with Crippen LogP contribution in [0.5, 0.6) is 0 Å². The summed E-state index contributed by atoms with van der Waals surface area (Å²) in [7, 11) is 0. The van der Waals surface area contributed by atoms with Gasteiger partial charge in [0.2, 0.25) is 11.6 Å². The number of nitrogens with one attached hydrogen (secondary N) is 1. The Kier molecular flexibility index (Phi) is 4.12. The molecule has 1 aliphatic heterocycles. The summed E-state index contributed by atoms with van der Waals surface area (Å²) in [6.45, 7) is 0. The maximum absolute atomic E-state index is 12.5. The summed E-state index contributed by atoms with van der Waals surface area (Å²) in [4.78, 5) is 19.2. The molecule has 1 fully saturated rings. The largest absolute Gasteiger partial charge is 0.451 e. The number of halogens is 6. The minimum Gasteiger partial charge on any atom is -0.307 e. The zero-order chi connectivity index (χ0) is 16.7. The Balaban J connectivity index is 2.54. The normalized spacial score (nSPS) is 18.0. The van der Waals surface area contributed by atoms with Gasteiger partial charge < -0.3 is 5.32 Å². The van der Waals surface area contributed by atoms with Gasteiger partial charge in [0.1, 0.15) is 4.32 Å². The topological polar surface area (TPSA) is 67.8 Å². The highest BCUT2D eigenvalue weighted by Gasteiger charge is 2.41. The van der Waals surface area contributed by atoms with Gasteiger partial charge in [-0.25, -0.2) is 15.0 Å². The summed E-state index contributed by atoms with van der Waals surface area (Å²) in [5.74, 6) is -5.73. The number of carbonyl (C=O) groups excluding carboxylic acids is 1. The van der Waals surface area contributed by atoms with Gasteiger partial charge in [0.15, 0.2) is 5.82 Å². The van der Waals surface area contributed by atoms with Crippen LogP contribution in [0.2, 0.25) is 0 Å². The Morgan fingerprint density at radius 2 is 1.50 bits per heavy atom. The zero-order valence-electron chi connectivity index (χ0n) is 9.91. The number of thioether (sulfide) groups is 1. The van der Waals surface area contributed by atoms with Crippen LogP contribution in [0.4, 0.5) is 26.3 Å². The minimum atomic E-state index is -5.20. The Labute approximate surface area is 127 Å². The lowest BCUT2D eigenvalue weighted by Gasteiger charge is -2.09. The average Bonchev–Trinajstić information content (AvgIpc) is 2.65. The first-order valence-corrected chi connectivity index (χ1v) is 6.34. The number of rotatable bonds is 1. The van der Waals surface area contributed by atoms with Crippen molar-refractivity contribution < 1.29 is 31.1 Å². The van der Waals surface area contributed by atoms with Crippen LogP contribution in [-0.4, -0.2) is 25.2 Å². The standard InChI is InChI=1S/C9H2F6N4OS2/c10-8(11,12)5-16-3(17-6(19-5)9(13,14)15)1-2-4(20)18-7(21)22-2/h1H,(H,18,20,21)/b2-1-. The maximum atomic E-state index is 12.5. The van der Waals surface area contributed by atoms with E-state index in [1.165, 1.54) is 0 Å². The zero-order valence-corrected chi connectivity index (χ0v) is 11.5. The summed E-state index contributed by atoms with van der Waals surface area (Å²) in [5, 5.41) is 2.15. The summed E-state index contributed by atoms with van der Waals surface area (Å²) < 4.78 is 75.3. The van der Waals surface area contributed by atoms with Crippen LogP contribution in [-0.2, 0) is 17.1 Å². The van der Waals surface area contributed by atoms with Crippen LogP contribution < -0.4 is 5.32 Å². The van der Waals surface area contributed by atoms with Gasteiger partial charge in [-0.3, -0.25) is 4.79 Å². The predicted molar refractivity (Wildman–Crippen MR) is 66.1 cm³/mol. The van der Waals surface area contributed by atoms with Gasteiger partial charge in [-0.1, -0.05) is 24.0 Å². The molecule has 0 atom stereocenters. The average molecular weight is 360 g/mol. The van der Waals surface area contributed by atoms with Crippen molar-refractivity contribution in [2.24, 2.45) is 0 Å². The molecule has 1 aliphatic rings. The molecule has 22 heavy (non-hydrogen) atoms. The highest BCUT2D eigenvalue weighted by molar-refractivity contribution is 8.26. The number of carbonyl (C=O) groups is 1. The van der Waals surface area contributed by atoms with Gasteiger partial charge in [-0.05, 0) is 0 Å². The lowest BCUT2D eigenvalue weighted by atomic mass is 10.4. The lowest BCUT2D eigenvalue weighted by Crippen LogP contribution is -2.20. The second-order valence-electron chi connectivity index (χ2n) is 3.69. The van der Waals surface area contributed by atoms with Crippen molar-refractivity contribution in [2.45, 2.75) is 12.4 Å². The van der Waals surface area contributed by atoms with E-state index in [0.717, 1.165) is 0 Å². The summed E-state index contributed by atoms with van der Waals surface area (Å²) in [5.41, 5.74) is 0. The fourth-order valence-electron chi connectivity index (χ4n) is 1.25. The van der Waals surface area contributed by atoms with E-state index in [9.17, 15) is 31.1 Å². The molecular formula is C9H2F6N4OS2. The van der Waals surface area contributed by atoms with Gasteiger partial charge in [0.05, 0.1) is 4.91 Å². The Hall–Kier alpha value is -1.76. The first-order valence-electron chi connectivity index (χ1n) is 5.12. The molecule has 1 saturated heterocycles. The molecule has 118 valence electrons. The predicted octanol–water partition coefficient (Wildman–Crippen LogP) is 2.40. The van der Waals surface area contributed by atoms with Crippen molar-refractivity contribution >= 4 is 40.3 Å². The van der Waals surface area contributed by atoms with Crippen LogP contribution in [0.3, 0.4) is 0 Å². The maximum Gasteiger partial charge on any atom is 0.451 e. The van der Waals surface area contributed by atoms with E-state index in [-0.39, 0.29) is 9.23 Å². The molecule has 5 nitrogen and oxygen atoms in total. The van der Waals surface area contributed by atoms with Crippen LogP contribution >= 0.6 is 24.0 Å². The van der Waals surface area contributed by atoms with Crippen molar-refractivity contribution in [1.29, 1.82) is 0 Å². The molecule has 1 aromatic rings. The van der Waals surface area contributed by atoms with Crippen LogP contribution in [0.1, 0.15) is 17.5 Å². The SMILES string of the molecule is O=C1NC(=S)S/C1=C\c1nc(C(F)(F)F)nc(C(F)(F)F)n1. The number of hydrogen-bond donors (Lipinski definition) is 1. The van der Waals surface area contributed by atoms with Crippen molar-refractivity contribution in [3.8, 4) is 0 Å². The van der Waals surface area contributed by atoms with Crippen LogP contribution in [0.15, 0.2) is 4.91 Å². The molecule has 0 aromatic carbocycles. The third-order valence-corrected chi connectivity index (χ3v) is 3.22. The van der Waals surface area contributed by atoms with Crippen molar-refractivity contribution in [2.75, 3.05) is 0 Å². The number of aromatic nitrogens is 3. The number of thiocarbonyl (C=S) groups is 1. The molecule has 0 aliphatic carbocycles. The van der Waals surface area contributed by atoms with Crippen molar-refractivity contribution in [3.63, 3.8) is 0 Å². The van der Waals surface area contributed by atoms with E-state index >= 15 is 0 Å². The number of hydrogen-bond acceptors (Lipinski definition) is 6. The first kappa shape index (κ1) is 16.6. The van der Waals surface area contributed by atoms with E-state index in [1.807, 2.05) is 0 Å². The summed E-state index contributed by atoms with van der Waals surface area (Å²) in [6, 6.07) is 0. The van der Waals surface area contributed by atoms with E-state index in [1.54, 1.807) is 0 Å². The molecule has 1 aromatic heterocycles. The number of amides is 1. The second kappa shape index (κ2) is 5.46. The van der Waals surface area contributed by atoms with E-state index in [2.05, 4.69) is 32.5 Å². The molecule has 0 radical (unpaired) electrons. The van der Waals surface area contributed by atoms with Gasteiger partial charge in [0, 0.05) is 6.08 Å². The van der Waals surface area contributed by atoms with Crippen LogP contribution in [0.25, 0.3) is 6.08 Å². The van der Waals surface area contributed by atoms with E-state index in [0.29, 0.717) is 17.8 Å². The first-order chi connectivity index (χ1) is 9.96. The Morgan fingerprint density at radius 3 is 1.86 bits per heavy atom. The van der Waals surface area contributed by atoms with Crippen LogP contribution in [0, 0.1) is 0 Å². The minimum absolute atomic E-state index is 0.0115. The quantitative estimate of drug-likeness (QED) is 0.471. The smallest absolute Gasteiger partial charge is 0.307 e. The van der Waals surface area contributed by atoms with Crippen molar-refractivity contribution in [3.05, 3.63) is 22.4 Å². The van der Waals surface area contributed by atoms with Gasteiger partial charge in [-0.2, -0.15) is 26.3 Å². The molecule has 2 heterocycles. The number of alkyl halides is 6. The summed E-state index contributed by atoms with van der Waals surface area (Å²) in [6.07, 6.45) is -9.72. The van der Waals surface area contributed by atoms with E-state index < -0.39 is 35.7 Å². The summed E-state index contributed by atoms with van der Waals surface area (Å²) >= 11 is 5.30. The molecule has 0 saturated carbocycles. The third kappa shape index (κ3) is 3.71. The van der Waals surface area contributed by atoms with Gasteiger partial charge in [0.25, 0.3) is 5.91 Å². The van der Waals surface area contributed by atoms with Crippen molar-refractivity contribution in [1.82, 2.24) is 20.3 Å².